The standard InChI is InChI=1S/C10H23NOSi2/c1-9-5-3-6-10(2)11(9)14-8-4-7-12-13-14/h9-10,14H,3-8,13H2,1-2H3. The zero-order chi connectivity index (χ0) is 9.97. The molecule has 2 rings (SSSR count). The first-order valence-corrected chi connectivity index (χ1v) is 11.3. The van der Waals surface area contributed by atoms with Crippen molar-refractivity contribution in [3.8, 4) is 0 Å². The average molecular weight is 229 g/mol. The second kappa shape index (κ2) is 4.92. The van der Waals surface area contributed by atoms with Gasteiger partial charge in [0.15, 0.2) is 9.28 Å². The van der Waals surface area contributed by atoms with Crippen LogP contribution in [0.25, 0.3) is 0 Å². The van der Waals surface area contributed by atoms with Crippen molar-refractivity contribution in [2.45, 2.75) is 57.7 Å². The molecule has 0 radical (unpaired) electrons. The van der Waals surface area contributed by atoms with Gasteiger partial charge in [0.2, 0.25) is 0 Å². The van der Waals surface area contributed by atoms with Gasteiger partial charge in [-0.2, -0.15) is 0 Å². The van der Waals surface area contributed by atoms with Gasteiger partial charge >= 0.3 is 0 Å². The lowest BCUT2D eigenvalue weighted by Gasteiger charge is -2.44. The van der Waals surface area contributed by atoms with Crippen LogP contribution in [-0.4, -0.2) is 41.0 Å². The number of rotatable bonds is 1. The van der Waals surface area contributed by atoms with E-state index in [1.165, 1.54) is 25.7 Å². The van der Waals surface area contributed by atoms with Gasteiger partial charge in [0.05, 0.1) is 0 Å². The summed E-state index contributed by atoms with van der Waals surface area (Å²) in [4.78, 5) is 0. The summed E-state index contributed by atoms with van der Waals surface area (Å²) in [5.41, 5.74) is 0. The van der Waals surface area contributed by atoms with Gasteiger partial charge in [-0.05, 0) is 25.3 Å². The highest BCUT2D eigenvalue weighted by molar-refractivity contribution is 7.08. The lowest BCUT2D eigenvalue weighted by Crippen LogP contribution is -2.56. The first-order valence-electron chi connectivity index (χ1n) is 6.14. The quantitative estimate of drug-likeness (QED) is 0.622. The normalized spacial score (nSPS) is 42.9. The lowest BCUT2D eigenvalue weighted by atomic mass is 10.0. The zero-order valence-electron chi connectivity index (χ0n) is 9.54. The van der Waals surface area contributed by atoms with Gasteiger partial charge < -0.3 is 8.99 Å². The van der Waals surface area contributed by atoms with Crippen LogP contribution in [0.4, 0.5) is 0 Å². The third-order valence-corrected chi connectivity index (χ3v) is 12.0. The molecule has 82 valence electrons. The molecule has 3 atom stereocenters. The average Bonchev–Trinajstić information content (AvgIpc) is 2.19. The van der Waals surface area contributed by atoms with Crippen LogP contribution in [0, 0.1) is 0 Å². The van der Waals surface area contributed by atoms with Crippen LogP contribution in [0.15, 0.2) is 0 Å². The molecule has 2 nitrogen and oxygen atoms in total. The Labute approximate surface area is 91.4 Å². The van der Waals surface area contributed by atoms with E-state index >= 15 is 0 Å². The number of hydrogen-bond donors (Lipinski definition) is 0. The third kappa shape index (κ3) is 2.29. The predicted molar refractivity (Wildman–Crippen MR) is 65.7 cm³/mol. The minimum absolute atomic E-state index is 0.121. The summed E-state index contributed by atoms with van der Waals surface area (Å²) in [6, 6.07) is 3.27. The van der Waals surface area contributed by atoms with E-state index in [1.54, 1.807) is 6.04 Å². The maximum atomic E-state index is 5.79. The fraction of sp³-hybridized carbons (Fsp3) is 1.00. The van der Waals surface area contributed by atoms with E-state index < -0.39 is 8.48 Å². The first-order chi connectivity index (χ1) is 6.79. The lowest BCUT2D eigenvalue weighted by molar-refractivity contribution is 0.197. The Morgan fingerprint density at radius 1 is 1.21 bits per heavy atom. The van der Waals surface area contributed by atoms with Crippen LogP contribution in [-0.2, 0) is 4.43 Å². The summed E-state index contributed by atoms with van der Waals surface area (Å²) < 4.78 is 8.70. The van der Waals surface area contributed by atoms with E-state index in [0.717, 1.165) is 18.7 Å². The SMILES string of the molecule is CC1CCCC(C)N1[SiH]1CCCO[SiH2]1. The topological polar surface area (TPSA) is 12.5 Å². The summed E-state index contributed by atoms with van der Waals surface area (Å²) >= 11 is 0. The van der Waals surface area contributed by atoms with Crippen molar-refractivity contribution < 1.29 is 4.43 Å². The van der Waals surface area contributed by atoms with E-state index in [9.17, 15) is 0 Å². The maximum absolute atomic E-state index is 5.79. The Bertz CT molecular complexity index is 175. The number of piperidine rings is 1. The van der Waals surface area contributed by atoms with Gasteiger partial charge in [-0.15, -0.1) is 0 Å². The molecular weight excluding hydrogens is 206 g/mol. The van der Waals surface area contributed by atoms with Crippen molar-refractivity contribution in [1.82, 2.24) is 4.57 Å². The highest BCUT2D eigenvalue weighted by Gasteiger charge is 2.33. The van der Waals surface area contributed by atoms with Crippen LogP contribution in [0.1, 0.15) is 39.5 Å². The van der Waals surface area contributed by atoms with Crippen molar-refractivity contribution in [3.63, 3.8) is 0 Å². The summed E-state index contributed by atoms with van der Waals surface area (Å²) in [7, 11) is -0.694. The highest BCUT2D eigenvalue weighted by Crippen LogP contribution is 2.25. The molecular formula is C10H23NOSi2. The molecule has 2 aliphatic heterocycles. The third-order valence-electron chi connectivity index (χ3n) is 3.82. The second-order valence-corrected chi connectivity index (χ2v) is 12.0. The van der Waals surface area contributed by atoms with Crippen molar-refractivity contribution in [3.05, 3.63) is 0 Å². The fourth-order valence-electron chi connectivity index (χ4n) is 3.12. The molecule has 0 bridgehead atoms. The van der Waals surface area contributed by atoms with E-state index in [4.69, 9.17) is 4.43 Å². The molecule has 0 saturated carbocycles. The van der Waals surface area contributed by atoms with Crippen molar-refractivity contribution >= 4 is 17.8 Å². The molecule has 0 aliphatic carbocycles. The molecule has 3 unspecified atom stereocenters. The second-order valence-electron chi connectivity index (χ2n) is 4.95. The molecule has 14 heavy (non-hydrogen) atoms. The monoisotopic (exact) mass is 229 g/mol. The first kappa shape index (κ1) is 10.9. The zero-order valence-corrected chi connectivity index (χ0v) is 12.1. The van der Waals surface area contributed by atoms with Crippen LogP contribution >= 0.6 is 0 Å². The van der Waals surface area contributed by atoms with E-state index in [0.29, 0.717) is 0 Å². The molecule has 0 aromatic carbocycles. The van der Waals surface area contributed by atoms with Crippen molar-refractivity contribution in [1.29, 1.82) is 0 Å². The summed E-state index contributed by atoms with van der Waals surface area (Å²) in [5, 5.41) is 0. The van der Waals surface area contributed by atoms with Gasteiger partial charge in [0, 0.05) is 18.7 Å². The maximum Gasteiger partial charge on any atom is 0.164 e. The molecule has 0 aromatic rings. The Morgan fingerprint density at radius 2 is 1.93 bits per heavy atom. The molecule has 2 fully saturated rings. The summed E-state index contributed by atoms with van der Waals surface area (Å²) in [6.07, 6.45) is 5.66. The van der Waals surface area contributed by atoms with E-state index in [-0.39, 0.29) is 9.28 Å². The smallest absolute Gasteiger partial charge is 0.164 e. The van der Waals surface area contributed by atoms with Crippen LogP contribution in [0.3, 0.4) is 0 Å². The number of hydrogen-bond acceptors (Lipinski definition) is 2. The Hall–Kier alpha value is 0.354. The Morgan fingerprint density at radius 3 is 2.50 bits per heavy atom. The van der Waals surface area contributed by atoms with Gasteiger partial charge in [-0.1, -0.05) is 20.3 Å². The highest BCUT2D eigenvalue weighted by atomic mass is 29.2. The van der Waals surface area contributed by atoms with E-state index in [1.807, 2.05) is 0 Å². The molecule has 2 saturated heterocycles. The summed E-state index contributed by atoms with van der Waals surface area (Å²) in [5.74, 6) is 0. The van der Waals surface area contributed by atoms with Gasteiger partial charge in [0.1, 0.15) is 8.48 Å². The molecule has 0 spiro atoms. The van der Waals surface area contributed by atoms with Crippen molar-refractivity contribution in [2.24, 2.45) is 0 Å². The minimum Gasteiger partial charge on any atom is -0.426 e. The number of nitrogens with zero attached hydrogens (tertiary/aromatic N) is 1. The predicted octanol–water partition coefficient (Wildman–Crippen LogP) is 0.974. The van der Waals surface area contributed by atoms with Crippen LogP contribution in [0.5, 0.6) is 0 Å². The van der Waals surface area contributed by atoms with Crippen LogP contribution in [0.2, 0.25) is 6.04 Å². The van der Waals surface area contributed by atoms with Crippen LogP contribution < -0.4 is 0 Å². The molecule has 4 heteroatoms. The molecule has 2 heterocycles. The molecule has 0 aromatic heterocycles. The summed E-state index contributed by atoms with van der Waals surface area (Å²) in [6.45, 7) is 5.95. The van der Waals surface area contributed by atoms with Gasteiger partial charge in [-0.3, -0.25) is 0 Å². The minimum atomic E-state index is -0.573. The Balaban J connectivity index is 1.97. The van der Waals surface area contributed by atoms with Gasteiger partial charge in [-0.25, -0.2) is 0 Å². The molecule has 0 N–H and O–H groups in total. The Kier molecular flexibility index (Phi) is 3.82. The molecule has 2 aliphatic rings. The van der Waals surface area contributed by atoms with E-state index in [2.05, 4.69) is 18.4 Å². The fourth-order valence-corrected chi connectivity index (χ4v) is 12.1. The van der Waals surface area contributed by atoms with Crippen molar-refractivity contribution in [2.75, 3.05) is 6.61 Å². The molecule has 0 amide bonds. The largest absolute Gasteiger partial charge is 0.426 e. The van der Waals surface area contributed by atoms with Gasteiger partial charge in [0.25, 0.3) is 0 Å².